The molecule has 6 heteroatoms. The van der Waals surface area contributed by atoms with E-state index in [1.165, 1.54) is 12.1 Å². The van der Waals surface area contributed by atoms with E-state index in [0.29, 0.717) is 18.8 Å². The van der Waals surface area contributed by atoms with Gasteiger partial charge in [-0.05, 0) is 36.5 Å². The van der Waals surface area contributed by atoms with Crippen LogP contribution < -0.4 is 5.73 Å². The Bertz CT molecular complexity index is 444. The van der Waals surface area contributed by atoms with Crippen molar-refractivity contribution < 1.29 is 17.9 Å². The summed E-state index contributed by atoms with van der Waals surface area (Å²) in [5.74, 6) is 0.224. The molecule has 1 aromatic carbocycles. The standard InChI is InChI=1S/C13H15ClF3NO/c14-11-7-9(1-2-10(11)13(15,16)17)12(18)8-3-5-19-6-4-8/h1-2,7-8,12H,3-6,18H2/t12-/m1/s1. The molecule has 1 aromatic rings. The molecule has 19 heavy (non-hydrogen) atoms. The number of hydrogen-bond acceptors (Lipinski definition) is 2. The smallest absolute Gasteiger partial charge is 0.381 e. The van der Waals surface area contributed by atoms with E-state index in [1.54, 1.807) is 0 Å². The molecule has 106 valence electrons. The fourth-order valence-corrected chi connectivity index (χ4v) is 2.61. The van der Waals surface area contributed by atoms with Gasteiger partial charge in [0.2, 0.25) is 0 Å². The molecule has 0 aliphatic carbocycles. The van der Waals surface area contributed by atoms with Gasteiger partial charge in [-0.1, -0.05) is 17.7 Å². The van der Waals surface area contributed by atoms with Crippen molar-refractivity contribution in [1.82, 2.24) is 0 Å². The number of hydrogen-bond donors (Lipinski definition) is 1. The van der Waals surface area contributed by atoms with Gasteiger partial charge >= 0.3 is 6.18 Å². The van der Waals surface area contributed by atoms with Gasteiger partial charge in [0.25, 0.3) is 0 Å². The van der Waals surface area contributed by atoms with Crippen molar-refractivity contribution in [3.8, 4) is 0 Å². The number of benzene rings is 1. The largest absolute Gasteiger partial charge is 0.417 e. The summed E-state index contributed by atoms with van der Waals surface area (Å²) in [6.07, 6.45) is -2.79. The molecule has 2 nitrogen and oxygen atoms in total. The second-order valence-electron chi connectivity index (χ2n) is 4.71. The third-order valence-electron chi connectivity index (χ3n) is 3.46. The molecule has 1 heterocycles. The summed E-state index contributed by atoms with van der Waals surface area (Å²) in [5, 5.41) is -0.299. The second-order valence-corrected chi connectivity index (χ2v) is 5.12. The molecule has 0 bridgehead atoms. The maximum atomic E-state index is 12.6. The van der Waals surface area contributed by atoms with E-state index >= 15 is 0 Å². The summed E-state index contributed by atoms with van der Waals surface area (Å²) in [4.78, 5) is 0. The highest BCUT2D eigenvalue weighted by atomic mass is 35.5. The Labute approximate surface area is 114 Å². The summed E-state index contributed by atoms with van der Waals surface area (Å²) in [6.45, 7) is 1.29. The highest BCUT2D eigenvalue weighted by Gasteiger charge is 2.33. The number of halogens is 4. The second kappa shape index (κ2) is 5.69. The first-order valence-corrected chi connectivity index (χ1v) is 6.47. The highest BCUT2D eigenvalue weighted by Crippen LogP contribution is 2.37. The zero-order valence-electron chi connectivity index (χ0n) is 10.2. The van der Waals surface area contributed by atoms with E-state index in [2.05, 4.69) is 0 Å². The van der Waals surface area contributed by atoms with E-state index in [1.807, 2.05) is 0 Å². The Morgan fingerprint density at radius 2 is 1.89 bits per heavy atom. The van der Waals surface area contributed by atoms with Crippen LogP contribution in [0.1, 0.15) is 30.0 Å². The molecular formula is C13H15ClF3NO. The van der Waals surface area contributed by atoms with Gasteiger partial charge in [-0.25, -0.2) is 0 Å². The van der Waals surface area contributed by atoms with Crippen molar-refractivity contribution in [3.63, 3.8) is 0 Å². The van der Waals surface area contributed by atoms with Crippen molar-refractivity contribution in [1.29, 1.82) is 0 Å². The molecule has 2 rings (SSSR count). The number of rotatable bonds is 2. The minimum absolute atomic E-state index is 0.224. The van der Waals surface area contributed by atoms with Crippen molar-refractivity contribution in [2.75, 3.05) is 13.2 Å². The molecule has 1 atom stereocenters. The van der Waals surface area contributed by atoms with Crippen LogP contribution in [0, 0.1) is 5.92 Å². The topological polar surface area (TPSA) is 35.2 Å². The predicted octanol–water partition coefficient (Wildman–Crippen LogP) is 3.79. The van der Waals surface area contributed by atoms with Crippen LogP contribution in [0.5, 0.6) is 0 Å². The quantitative estimate of drug-likeness (QED) is 0.900. The Kier molecular flexibility index (Phi) is 4.38. The van der Waals surface area contributed by atoms with Crippen LogP contribution in [0.25, 0.3) is 0 Å². The summed E-state index contributed by atoms with van der Waals surface area (Å²) in [6, 6.07) is 3.43. The van der Waals surface area contributed by atoms with E-state index < -0.39 is 11.7 Å². The number of nitrogens with two attached hydrogens (primary N) is 1. The van der Waals surface area contributed by atoms with Crippen molar-refractivity contribution in [2.24, 2.45) is 11.7 Å². The van der Waals surface area contributed by atoms with Gasteiger partial charge in [0.15, 0.2) is 0 Å². The van der Waals surface area contributed by atoms with E-state index in [0.717, 1.165) is 18.9 Å². The Morgan fingerprint density at radius 1 is 1.26 bits per heavy atom. The van der Waals surface area contributed by atoms with Gasteiger partial charge in [0, 0.05) is 19.3 Å². The molecule has 0 unspecified atom stereocenters. The summed E-state index contributed by atoms with van der Waals surface area (Å²) in [7, 11) is 0. The highest BCUT2D eigenvalue weighted by molar-refractivity contribution is 6.31. The third kappa shape index (κ3) is 3.41. The first-order chi connectivity index (χ1) is 8.89. The summed E-state index contributed by atoms with van der Waals surface area (Å²) < 4.78 is 43.1. The predicted molar refractivity (Wildman–Crippen MR) is 66.9 cm³/mol. The fraction of sp³-hybridized carbons (Fsp3) is 0.538. The molecular weight excluding hydrogens is 279 g/mol. The van der Waals surface area contributed by atoms with Crippen molar-refractivity contribution in [3.05, 3.63) is 34.3 Å². The lowest BCUT2D eigenvalue weighted by Gasteiger charge is -2.28. The maximum absolute atomic E-state index is 12.6. The molecule has 0 aromatic heterocycles. The number of alkyl halides is 3. The molecule has 1 saturated heterocycles. The van der Waals surface area contributed by atoms with Gasteiger partial charge in [-0.3, -0.25) is 0 Å². The zero-order chi connectivity index (χ0) is 14.0. The van der Waals surface area contributed by atoms with Crippen LogP contribution in [0.2, 0.25) is 5.02 Å². The Morgan fingerprint density at radius 3 is 2.42 bits per heavy atom. The number of ether oxygens (including phenoxy) is 1. The molecule has 1 aliphatic heterocycles. The maximum Gasteiger partial charge on any atom is 0.417 e. The molecule has 1 aliphatic rings. The van der Waals surface area contributed by atoms with Crippen LogP contribution in [0.15, 0.2) is 18.2 Å². The van der Waals surface area contributed by atoms with Gasteiger partial charge in [0.1, 0.15) is 0 Å². The third-order valence-corrected chi connectivity index (χ3v) is 3.77. The lowest BCUT2D eigenvalue weighted by atomic mass is 9.87. The molecule has 0 radical (unpaired) electrons. The van der Waals surface area contributed by atoms with Crippen LogP contribution in [-0.2, 0) is 10.9 Å². The van der Waals surface area contributed by atoms with E-state index in [-0.39, 0.29) is 17.0 Å². The van der Waals surface area contributed by atoms with Crippen LogP contribution in [-0.4, -0.2) is 13.2 Å². The van der Waals surface area contributed by atoms with Crippen molar-refractivity contribution in [2.45, 2.75) is 25.1 Å². The van der Waals surface area contributed by atoms with Gasteiger partial charge in [-0.15, -0.1) is 0 Å². The van der Waals surface area contributed by atoms with Gasteiger partial charge < -0.3 is 10.5 Å². The average molecular weight is 294 g/mol. The fourth-order valence-electron chi connectivity index (χ4n) is 2.32. The molecule has 0 spiro atoms. The minimum Gasteiger partial charge on any atom is -0.381 e. The first kappa shape index (κ1) is 14.6. The molecule has 1 fully saturated rings. The van der Waals surface area contributed by atoms with Crippen LogP contribution in [0.4, 0.5) is 13.2 Å². The average Bonchev–Trinajstić information content (AvgIpc) is 2.37. The minimum atomic E-state index is -4.43. The first-order valence-electron chi connectivity index (χ1n) is 6.09. The SMILES string of the molecule is N[C@@H](c1ccc(C(F)(F)F)c(Cl)c1)C1CCOCC1. The van der Waals surface area contributed by atoms with E-state index in [4.69, 9.17) is 22.1 Å². The normalized spacial score (nSPS) is 19.4. The van der Waals surface area contributed by atoms with Crippen molar-refractivity contribution >= 4 is 11.6 Å². The molecule has 0 saturated carbocycles. The summed E-state index contributed by atoms with van der Waals surface area (Å²) in [5.41, 5.74) is 5.92. The van der Waals surface area contributed by atoms with Crippen LogP contribution in [0.3, 0.4) is 0 Å². The lowest BCUT2D eigenvalue weighted by Crippen LogP contribution is -2.27. The monoisotopic (exact) mass is 293 g/mol. The Balaban J connectivity index is 2.19. The summed E-state index contributed by atoms with van der Waals surface area (Å²) >= 11 is 5.70. The Hall–Kier alpha value is -0.780. The van der Waals surface area contributed by atoms with Crippen LogP contribution >= 0.6 is 11.6 Å². The molecule has 2 N–H and O–H groups in total. The van der Waals surface area contributed by atoms with E-state index in [9.17, 15) is 13.2 Å². The van der Waals surface area contributed by atoms with Gasteiger partial charge in [-0.2, -0.15) is 13.2 Å². The van der Waals surface area contributed by atoms with Gasteiger partial charge in [0.05, 0.1) is 10.6 Å². The zero-order valence-corrected chi connectivity index (χ0v) is 11.0. The lowest BCUT2D eigenvalue weighted by molar-refractivity contribution is -0.137. The molecule has 0 amide bonds.